The summed E-state index contributed by atoms with van der Waals surface area (Å²) in [7, 11) is 0. The van der Waals surface area contributed by atoms with E-state index in [0.717, 1.165) is 78.3 Å². The second-order valence-electron chi connectivity index (χ2n) is 22.1. The molecule has 0 saturated heterocycles. The summed E-state index contributed by atoms with van der Waals surface area (Å²) >= 11 is 0. The first kappa shape index (κ1) is 47.6. The zero-order chi connectivity index (χ0) is 55.2. The highest BCUT2D eigenvalue weighted by atomic mass is 15.2. The molecule has 2 aromatic heterocycles. The van der Waals surface area contributed by atoms with Gasteiger partial charge in [0, 0.05) is 56.0 Å². The van der Waals surface area contributed by atoms with E-state index < -0.39 is 0 Å². The van der Waals surface area contributed by atoms with Crippen molar-refractivity contribution >= 4 is 132 Å². The average Bonchev–Trinajstić information content (AvgIpc) is 3.58. The van der Waals surface area contributed by atoms with Crippen molar-refractivity contribution in [3.05, 3.63) is 315 Å². The molecule has 4 nitrogen and oxygen atoms in total. The largest absolute Gasteiger partial charge is 0.310 e. The van der Waals surface area contributed by atoms with Crippen LogP contribution in [0.25, 0.3) is 120 Å². The minimum absolute atomic E-state index is 1.06. The van der Waals surface area contributed by atoms with E-state index in [9.17, 15) is 0 Å². The van der Waals surface area contributed by atoms with Gasteiger partial charge >= 0.3 is 0 Å². The molecular formula is C80H52N4. The molecule has 0 atom stereocenters. The van der Waals surface area contributed by atoms with Crippen LogP contribution in [0.5, 0.6) is 0 Å². The van der Waals surface area contributed by atoms with Crippen LogP contribution in [-0.4, -0.2) is 9.13 Å². The molecular weight excluding hydrogens is 1020 g/mol. The Kier molecular flexibility index (Phi) is 10.9. The van der Waals surface area contributed by atoms with Gasteiger partial charge in [-0.3, -0.25) is 0 Å². The van der Waals surface area contributed by atoms with E-state index in [2.05, 4.69) is 334 Å². The lowest BCUT2D eigenvalue weighted by atomic mass is 9.90. The van der Waals surface area contributed by atoms with Crippen LogP contribution < -0.4 is 9.80 Å². The van der Waals surface area contributed by atoms with Crippen LogP contribution in [0.15, 0.2) is 315 Å². The normalized spacial score (nSPS) is 11.8. The van der Waals surface area contributed by atoms with Crippen LogP contribution >= 0.6 is 0 Å². The van der Waals surface area contributed by atoms with Crippen LogP contribution in [0.3, 0.4) is 0 Å². The summed E-state index contributed by atoms with van der Waals surface area (Å²) in [6.45, 7) is 0. The van der Waals surface area contributed by atoms with Crippen molar-refractivity contribution in [3.63, 3.8) is 0 Å². The van der Waals surface area contributed by atoms with E-state index in [1.54, 1.807) is 0 Å². The molecule has 0 spiro atoms. The first-order valence-corrected chi connectivity index (χ1v) is 28.9. The van der Waals surface area contributed by atoms with Gasteiger partial charge in [0.15, 0.2) is 0 Å². The highest BCUT2D eigenvalue weighted by molar-refractivity contribution is 6.23. The van der Waals surface area contributed by atoms with Gasteiger partial charge in [-0.25, -0.2) is 0 Å². The Bertz CT molecular complexity index is 5340. The van der Waals surface area contributed by atoms with Crippen molar-refractivity contribution in [2.24, 2.45) is 0 Å². The summed E-state index contributed by atoms with van der Waals surface area (Å²) < 4.78 is 5.11. The molecule has 392 valence electrons. The number of rotatable bonds is 9. The zero-order valence-electron chi connectivity index (χ0n) is 45.8. The SMILES string of the molecule is c1ccc(N(c2ccccc2)c2ccc3c(c2)c2c(c4cc(N(c5ccc6ccccc6c5)c5ccc6ccccc6c5)ccc4n2-c2ccc4ccccc4c2)n3-c2ccc(-c3cc4ccccc4c4ccccc34)c3ccccc23)cc1. The number of fused-ring (bicyclic) bond motifs is 12. The average molecular weight is 1070 g/mol. The first-order valence-electron chi connectivity index (χ1n) is 28.9. The lowest BCUT2D eigenvalue weighted by Crippen LogP contribution is -2.10. The van der Waals surface area contributed by atoms with Gasteiger partial charge in [-0.1, -0.05) is 206 Å². The third-order valence-electron chi connectivity index (χ3n) is 17.3. The predicted molar refractivity (Wildman–Crippen MR) is 357 cm³/mol. The summed E-state index contributed by atoms with van der Waals surface area (Å²) in [6.07, 6.45) is 0. The van der Waals surface area contributed by atoms with Gasteiger partial charge in [-0.15, -0.1) is 0 Å². The highest BCUT2D eigenvalue weighted by Crippen LogP contribution is 2.49. The molecule has 84 heavy (non-hydrogen) atoms. The fourth-order valence-corrected chi connectivity index (χ4v) is 13.5. The Morgan fingerprint density at radius 2 is 0.607 bits per heavy atom. The van der Waals surface area contributed by atoms with Gasteiger partial charge < -0.3 is 18.9 Å². The second-order valence-corrected chi connectivity index (χ2v) is 22.1. The molecule has 0 aliphatic heterocycles. The molecule has 0 aliphatic carbocycles. The van der Waals surface area contributed by atoms with Gasteiger partial charge in [0.25, 0.3) is 0 Å². The third-order valence-corrected chi connectivity index (χ3v) is 17.3. The molecule has 0 amide bonds. The smallest absolute Gasteiger partial charge is 0.0804 e. The quantitative estimate of drug-likeness (QED) is 0.134. The summed E-state index contributed by atoms with van der Waals surface area (Å²) in [5.74, 6) is 0. The Balaban J connectivity index is 1.00. The maximum absolute atomic E-state index is 2.58. The fourth-order valence-electron chi connectivity index (χ4n) is 13.5. The number of anilines is 6. The third kappa shape index (κ3) is 7.62. The van der Waals surface area contributed by atoms with E-state index >= 15 is 0 Å². The number of nitrogens with zero attached hydrogens (tertiary/aromatic N) is 4. The Morgan fingerprint density at radius 1 is 0.202 bits per heavy atom. The molecule has 0 saturated carbocycles. The molecule has 0 bridgehead atoms. The zero-order valence-corrected chi connectivity index (χ0v) is 45.8. The lowest BCUT2D eigenvalue weighted by molar-refractivity contribution is 1.18. The maximum atomic E-state index is 2.58. The van der Waals surface area contributed by atoms with Crippen molar-refractivity contribution in [1.29, 1.82) is 0 Å². The molecule has 17 aromatic rings. The van der Waals surface area contributed by atoms with Gasteiger partial charge in [0.2, 0.25) is 0 Å². The highest BCUT2D eigenvalue weighted by Gasteiger charge is 2.27. The van der Waals surface area contributed by atoms with E-state index in [1.165, 1.54) is 75.8 Å². The summed E-state index contributed by atoms with van der Waals surface area (Å²) in [5.41, 5.74) is 15.6. The molecule has 15 aromatic carbocycles. The van der Waals surface area contributed by atoms with Gasteiger partial charge in [0.05, 0.1) is 27.8 Å². The van der Waals surface area contributed by atoms with Crippen LogP contribution in [0.1, 0.15) is 0 Å². The lowest BCUT2D eigenvalue weighted by Gasteiger charge is -2.26. The number of aromatic nitrogens is 2. The molecule has 0 fully saturated rings. The number of benzene rings is 15. The van der Waals surface area contributed by atoms with Crippen LogP contribution in [0.4, 0.5) is 34.1 Å². The Labute approximate surface area is 485 Å². The summed E-state index contributed by atoms with van der Waals surface area (Å²) in [6, 6.07) is 116. The van der Waals surface area contributed by atoms with Gasteiger partial charge in [-0.2, -0.15) is 0 Å². The number of hydrogen-bond acceptors (Lipinski definition) is 2. The molecule has 2 heterocycles. The van der Waals surface area contributed by atoms with Crippen molar-refractivity contribution < 1.29 is 0 Å². The van der Waals surface area contributed by atoms with E-state index in [0.29, 0.717) is 0 Å². The summed E-state index contributed by atoms with van der Waals surface area (Å²) in [5, 5.41) is 16.8. The Morgan fingerprint density at radius 3 is 1.19 bits per heavy atom. The number of para-hydroxylation sites is 2. The van der Waals surface area contributed by atoms with E-state index in [-0.39, 0.29) is 0 Å². The topological polar surface area (TPSA) is 16.3 Å². The predicted octanol–water partition coefficient (Wildman–Crippen LogP) is 22.3. The second kappa shape index (κ2) is 19.2. The van der Waals surface area contributed by atoms with Gasteiger partial charge in [0.1, 0.15) is 0 Å². The minimum Gasteiger partial charge on any atom is -0.310 e. The van der Waals surface area contributed by atoms with E-state index in [1.807, 2.05) is 0 Å². The van der Waals surface area contributed by atoms with Crippen molar-refractivity contribution in [1.82, 2.24) is 9.13 Å². The standard InChI is InChI=1S/C80H52N4/c1-3-26-60(27-4-1)81(61-28-5-2-6-29-61)65-42-45-78-75(51-65)79-80(84(78)76-46-43-71(69-32-17-18-34-72(69)76)73-50-59-25-13-14-30-67(59)68-31-15-16-33-70(68)73)74-52-66(41-44-77(74)83(79)64-40-37-55-21-9-12-24-58(55)49-64)82(62-38-35-53-19-7-10-22-56(53)47-62)63-39-36-54-20-8-11-23-57(54)48-63/h1-52H. The van der Waals surface area contributed by atoms with Crippen LogP contribution in [0.2, 0.25) is 0 Å². The van der Waals surface area contributed by atoms with E-state index in [4.69, 9.17) is 0 Å². The molecule has 0 radical (unpaired) electrons. The molecule has 0 unspecified atom stereocenters. The molecule has 0 N–H and O–H groups in total. The molecule has 4 heteroatoms. The Hall–Kier alpha value is -11.2. The van der Waals surface area contributed by atoms with Gasteiger partial charge in [-0.05, 0) is 180 Å². The van der Waals surface area contributed by atoms with Crippen molar-refractivity contribution in [2.45, 2.75) is 0 Å². The molecule has 17 rings (SSSR count). The van der Waals surface area contributed by atoms with Crippen LogP contribution in [-0.2, 0) is 0 Å². The van der Waals surface area contributed by atoms with Crippen molar-refractivity contribution in [2.75, 3.05) is 9.80 Å². The molecule has 0 aliphatic rings. The number of hydrogen-bond donors (Lipinski definition) is 0. The minimum atomic E-state index is 1.06. The maximum Gasteiger partial charge on any atom is 0.0804 e. The van der Waals surface area contributed by atoms with Crippen LogP contribution in [0, 0.1) is 0 Å². The summed E-state index contributed by atoms with van der Waals surface area (Å²) in [4.78, 5) is 4.82. The monoisotopic (exact) mass is 1070 g/mol. The fraction of sp³-hybridized carbons (Fsp3) is 0. The first-order chi connectivity index (χ1) is 41.7. The van der Waals surface area contributed by atoms with Crippen molar-refractivity contribution in [3.8, 4) is 22.5 Å².